The molecule has 4 atom stereocenters. The van der Waals surface area contributed by atoms with Crippen LogP contribution in [0.3, 0.4) is 0 Å². The van der Waals surface area contributed by atoms with Crippen LogP contribution in [-0.4, -0.2) is 66.7 Å². The summed E-state index contributed by atoms with van der Waals surface area (Å²) < 4.78 is 66.4. The molecular formula is C23H26F4N4O2. The Morgan fingerprint density at radius 2 is 1.85 bits per heavy atom. The fourth-order valence-corrected chi connectivity index (χ4v) is 5.30. The fourth-order valence-electron chi connectivity index (χ4n) is 5.30. The first-order valence-corrected chi connectivity index (χ1v) is 11.3. The quantitative estimate of drug-likeness (QED) is 0.652. The van der Waals surface area contributed by atoms with Crippen LogP contribution in [0.2, 0.25) is 0 Å². The van der Waals surface area contributed by atoms with Gasteiger partial charge in [-0.2, -0.15) is 0 Å². The highest BCUT2D eigenvalue weighted by molar-refractivity contribution is 5.63. The molecule has 2 aromatic rings. The average Bonchev–Trinajstić information content (AvgIpc) is 3.34. The van der Waals surface area contributed by atoms with Crippen molar-refractivity contribution >= 4 is 5.82 Å². The van der Waals surface area contributed by atoms with E-state index in [-0.39, 0.29) is 34.8 Å². The number of hydrogen-bond acceptors (Lipinski definition) is 6. The number of nitrogens with zero attached hydrogens (tertiary/aromatic N) is 3. The molecule has 0 radical (unpaired) electrons. The van der Waals surface area contributed by atoms with Crippen molar-refractivity contribution in [1.82, 2.24) is 15.1 Å². The molecule has 1 saturated carbocycles. The summed E-state index contributed by atoms with van der Waals surface area (Å²) >= 11 is 0. The monoisotopic (exact) mass is 466 g/mol. The van der Waals surface area contributed by atoms with Crippen LogP contribution in [-0.2, 0) is 9.47 Å². The number of nitrogens with one attached hydrogen (secondary N) is 1. The number of hydrogen-bond donors (Lipinski definition) is 1. The topological polar surface area (TPSA) is 59.5 Å². The molecule has 33 heavy (non-hydrogen) atoms. The van der Waals surface area contributed by atoms with E-state index in [9.17, 15) is 17.6 Å². The van der Waals surface area contributed by atoms with E-state index in [1.165, 1.54) is 0 Å². The van der Waals surface area contributed by atoms with E-state index >= 15 is 0 Å². The molecule has 2 aliphatic heterocycles. The van der Waals surface area contributed by atoms with Crippen molar-refractivity contribution in [3.05, 3.63) is 41.5 Å². The summed E-state index contributed by atoms with van der Waals surface area (Å²) in [5, 5.41) is 11.0. The minimum Gasteiger partial charge on any atom is -0.376 e. The maximum atomic E-state index is 14.1. The highest BCUT2D eigenvalue weighted by Gasteiger charge is 2.41. The van der Waals surface area contributed by atoms with Gasteiger partial charge in [-0.3, -0.25) is 0 Å². The van der Waals surface area contributed by atoms with Gasteiger partial charge in [0.05, 0.1) is 37.2 Å². The van der Waals surface area contributed by atoms with Gasteiger partial charge in [-0.15, -0.1) is 10.2 Å². The average molecular weight is 466 g/mol. The van der Waals surface area contributed by atoms with Gasteiger partial charge in [-0.1, -0.05) is 0 Å². The van der Waals surface area contributed by atoms with Crippen molar-refractivity contribution in [2.24, 2.45) is 11.8 Å². The molecule has 178 valence electrons. The summed E-state index contributed by atoms with van der Waals surface area (Å²) in [4.78, 5) is 2.40. The molecule has 3 aliphatic rings. The second kappa shape index (κ2) is 9.52. The van der Waals surface area contributed by atoms with Gasteiger partial charge in [0.25, 0.3) is 6.43 Å². The number of rotatable bonds is 6. The summed E-state index contributed by atoms with van der Waals surface area (Å²) in [5.74, 6) is -0.459. The summed E-state index contributed by atoms with van der Waals surface area (Å²) in [6.07, 6.45) is -1.01. The zero-order valence-corrected chi connectivity index (χ0v) is 18.0. The first-order valence-electron chi connectivity index (χ1n) is 11.3. The molecule has 5 rings (SSSR count). The van der Waals surface area contributed by atoms with Crippen molar-refractivity contribution in [1.29, 1.82) is 0 Å². The van der Waals surface area contributed by atoms with Crippen LogP contribution >= 0.6 is 0 Å². The van der Waals surface area contributed by atoms with E-state index in [0.717, 1.165) is 56.7 Å². The van der Waals surface area contributed by atoms with Crippen LogP contribution in [0, 0.1) is 23.5 Å². The molecule has 0 bridgehead atoms. The summed E-state index contributed by atoms with van der Waals surface area (Å²) in [6.45, 7) is 4.67. The van der Waals surface area contributed by atoms with E-state index in [2.05, 4.69) is 20.4 Å². The maximum absolute atomic E-state index is 14.1. The molecule has 0 amide bonds. The molecule has 3 heterocycles. The Morgan fingerprint density at radius 3 is 2.55 bits per heavy atom. The Labute approximate surface area is 189 Å². The summed E-state index contributed by atoms with van der Waals surface area (Å²) in [7, 11) is 0. The van der Waals surface area contributed by atoms with Gasteiger partial charge in [-0.25, -0.2) is 17.6 Å². The van der Waals surface area contributed by atoms with Crippen LogP contribution in [0.25, 0.3) is 11.3 Å². The minimum absolute atomic E-state index is 0.000134. The van der Waals surface area contributed by atoms with Crippen molar-refractivity contribution in [3.8, 4) is 11.3 Å². The second-order valence-electron chi connectivity index (χ2n) is 9.08. The lowest BCUT2D eigenvalue weighted by Crippen LogP contribution is -2.39. The molecule has 6 nitrogen and oxygen atoms in total. The van der Waals surface area contributed by atoms with Crippen molar-refractivity contribution in [3.63, 3.8) is 0 Å². The standard InChI is InChI=1S/C23H26F4N4O2/c24-15-1-2-20(25)18(7-15)21-8-19(22(26)27)23(30-29-21)28-16-5-13-9-31(10-14(13)6-16)11-17-12-32-3-4-33-17/h1-2,7-8,13-14,16-17,22H,3-6,9-12H2,(H,28,30)/t13-,14+,16+,17-/m0/s1. The Kier molecular flexibility index (Phi) is 6.49. The lowest BCUT2D eigenvalue weighted by molar-refractivity contribution is -0.0964. The van der Waals surface area contributed by atoms with Crippen LogP contribution in [0.5, 0.6) is 0 Å². The smallest absolute Gasteiger partial charge is 0.267 e. The van der Waals surface area contributed by atoms with Gasteiger partial charge in [-0.05, 0) is 48.9 Å². The van der Waals surface area contributed by atoms with E-state index < -0.39 is 18.1 Å². The van der Waals surface area contributed by atoms with Gasteiger partial charge in [0.1, 0.15) is 11.6 Å². The third-order valence-corrected chi connectivity index (χ3v) is 6.78. The molecule has 2 saturated heterocycles. The lowest BCUT2D eigenvalue weighted by Gasteiger charge is -2.28. The van der Waals surface area contributed by atoms with Gasteiger partial charge in [0, 0.05) is 31.2 Å². The number of alkyl halides is 2. The highest BCUT2D eigenvalue weighted by Crippen LogP contribution is 2.40. The number of aromatic nitrogens is 2. The van der Waals surface area contributed by atoms with Gasteiger partial charge in [0.15, 0.2) is 5.82 Å². The predicted octanol–water partition coefficient (Wildman–Crippen LogP) is 3.90. The van der Waals surface area contributed by atoms with Crippen LogP contribution in [0.1, 0.15) is 24.8 Å². The lowest BCUT2D eigenvalue weighted by atomic mass is 10.0. The molecule has 1 aromatic carbocycles. The zero-order chi connectivity index (χ0) is 22.9. The maximum Gasteiger partial charge on any atom is 0.267 e. The van der Waals surface area contributed by atoms with E-state index in [0.29, 0.717) is 31.7 Å². The third-order valence-electron chi connectivity index (χ3n) is 6.78. The third kappa shape index (κ3) is 4.97. The molecule has 1 aliphatic carbocycles. The normalized spacial score (nSPS) is 27.8. The number of anilines is 1. The first kappa shape index (κ1) is 22.5. The van der Waals surface area contributed by atoms with Crippen LogP contribution in [0.15, 0.2) is 24.3 Å². The molecule has 10 heteroatoms. The molecule has 1 aromatic heterocycles. The Bertz CT molecular complexity index is 975. The van der Waals surface area contributed by atoms with E-state index in [1.807, 2.05) is 0 Å². The Balaban J connectivity index is 1.23. The molecule has 0 spiro atoms. The largest absolute Gasteiger partial charge is 0.376 e. The minimum atomic E-state index is -2.83. The van der Waals surface area contributed by atoms with E-state index in [4.69, 9.17) is 9.47 Å². The SMILES string of the molecule is Fc1ccc(F)c(-c2cc(C(F)F)c(N[C@H]3C[C@@H]4CN(C[C@H]5COCCO5)C[C@@H]4C3)nn2)c1. The Hall–Kier alpha value is -2.30. The van der Waals surface area contributed by atoms with E-state index in [1.54, 1.807) is 0 Å². The number of fused-ring (bicyclic) bond motifs is 1. The predicted molar refractivity (Wildman–Crippen MR) is 113 cm³/mol. The van der Waals surface area contributed by atoms with Gasteiger partial charge in [0.2, 0.25) is 0 Å². The van der Waals surface area contributed by atoms with Crippen LogP contribution in [0.4, 0.5) is 23.4 Å². The fraction of sp³-hybridized carbons (Fsp3) is 0.565. The Morgan fingerprint density at radius 1 is 1.06 bits per heavy atom. The molecular weight excluding hydrogens is 440 g/mol. The molecule has 0 unspecified atom stereocenters. The number of halogens is 4. The van der Waals surface area contributed by atoms with Crippen LogP contribution < -0.4 is 5.32 Å². The first-order chi connectivity index (χ1) is 16.0. The molecule has 1 N–H and O–H groups in total. The molecule has 3 fully saturated rings. The van der Waals surface area contributed by atoms with Crippen molar-refractivity contribution in [2.75, 3.05) is 44.8 Å². The zero-order valence-electron chi connectivity index (χ0n) is 18.0. The number of likely N-dealkylation sites (tertiary alicyclic amines) is 1. The number of ether oxygens (including phenoxy) is 2. The summed E-state index contributed by atoms with van der Waals surface area (Å²) in [6, 6.07) is 3.93. The van der Waals surface area contributed by atoms with Gasteiger partial charge < -0.3 is 19.7 Å². The van der Waals surface area contributed by atoms with Crippen molar-refractivity contribution < 1.29 is 27.0 Å². The number of benzene rings is 1. The van der Waals surface area contributed by atoms with Gasteiger partial charge >= 0.3 is 0 Å². The highest BCUT2D eigenvalue weighted by atomic mass is 19.3. The second-order valence-corrected chi connectivity index (χ2v) is 9.08. The summed E-state index contributed by atoms with van der Waals surface area (Å²) in [5.41, 5.74) is -0.684. The van der Waals surface area contributed by atoms with Crippen molar-refractivity contribution in [2.45, 2.75) is 31.4 Å².